The van der Waals surface area contributed by atoms with Crippen molar-refractivity contribution >= 4 is 22.3 Å². The highest BCUT2D eigenvalue weighted by molar-refractivity contribution is 7.85. The molecule has 2 aromatic heterocycles. The number of fused-ring (bicyclic) bond motifs is 1. The molecule has 0 saturated heterocycles. The van der Waals surface area contributed by atoms with E-state index in [1.54, 1.807) is 36.3 Å². The zero-order valence-electron chi connectivity index (χ0n) is 23.7. The number of anilines is 1. The third-order valence-electron chi connectivity index (χ3n) is 7.81. The highest BCUT2D eigenvalue weighted by Gasteiger charge is 2.50. The van der Waals surface area contributed by atoms with Crippen LogP contribution in [0.4, 0.5) is 14.5 Å². The smallest absolute Gasteiger partial charge is 0.191 e. The topological polar surface area (TPSA) is 120 Å². The van der Waals surface area contributed by atoms with Crippen molar-refractivity contribution in [3.05, 3.63) is 95.4 Å². The van der Waals surface area contributed by atoms with Crippen molar-refractivity contribution in [3.8, 4) is 0 Å². The molecule has 218 valence electrons. The third-order valence-corrected chi connectivity index (χ3v) is 9.55. The predicted molar refractivity (Wildman–Crippen MR) is 156 cm³/mol. The molecule has 0 radical (unpaired) electrons. The Hall–Kier alpha value is -3.70. The molecule has 4 atom stereocenters. The number of carbonyl (C=O) groups excluding carboxylic acids is 1. The van der Waals surface area contributed by atoms with E-state index >= 15 is 0 Å². The quantitative estimate of drug-likeness (QED) is 0.224. The number of nitrogens with zero attached hydrogens (tertiary/aromatic N) is 4. The van der Waals surface area contributed by atoms with Crippen LogP contribution < -0.4 is 16.6 Å². The highest BCUT2D eigenvalue weighted by atomic mass is 32.2. The summed E-state index contributed by atoms with van der Waals surface area (Å²) < 4.78 is 42.6. The first-order chi connectivity index (χ1) is 19.6. The van der Waals surface area contributed by atoms with Gasteiger partial charge in [0, 0.05) is 42.9 Å². The van der Waals surface area contributed by atoms with E-state index in [0.717, 1.165) is 11.6 Å². The predicted octanol–water partition coefficient (Wildman–Crippen LogP) is 5.17. The van der Waals surface area contributed by atoms with Crippen LogP contribution in [0.3, 0.4) is 0 Å². The average Bonchev–Trinajstić information content (AvgIpc) is 3.42. The van der Waals surface area contributed by atoms with E-state index in [0.29, 0.717) is 41.2 Å². The molecule has 4 unspecified atom stereocenters. The Bertz CT molecular complexity index is 1500. The summed E-state index contributed by atoms with van der Waals surface area (Å²) in [6.07, 6.45) is 8.16. The normalized spacial score (nSPS) is 21.6. The van der Waals surface area contributed by atoms with Crippen LogP contribution in [0.15, 0.2) is 82.9 Å². The molecule has 2 aliphatic carbocycles. The van der Waals surface area contributed by atoms with Crippen molar-refractivity contribution in [2.45, 2.75) is 56.6 Å². The third kappa shape index (κ3) is 6.01. The van der Waals surface area contributed by atoms with Crippen LogP contribution in [0.2, 0.25) is 0 Å². The Balaban J connectivity index is 0.00000189. The SMILES string of the molecule is CC.CC(C1CCC2=CC(N(N)c3ccc(F)cc3)=C(N)CC2(C(=O)c2cc(F)ccn2)C1)S(=O)c1cnn(C)c1. The molecule has 1 saturated carbocycles. The number of aromatic nitrogens is 3. The van der Waals surface area contributed by atoms with Crippen molar-refractivity contribution in [2.75, 3.05) is 5.01 Å². The van der Waals surface area contributed by atoms with Gasteiger partial charge in [0.2, 0.25) is 0 Å². The maximum Gasteiger partial charge on any atom is 0.191 e. The zero-order valence-corrected chi connectivity index (χ0v) is 24.5. The number of pyridine rings is 1. The van der Waals surface area contributed by atoms with Crippen LogP contribution in [0.25, 0.3) is 0 Å². The molecular weight excluding hydrogens is 546 g/mol. The lowest BCUT2D eigenvalue weighted by Gasteiger charge is -2.46. The van der Waals surface area contributed by atoms with E-state index < -0.39 is 22.0 Å². The van der Waals surface area contributed by atoms with Gasteiger partial charge in [-0.15, -0.1) is 0 Å². The minimum absolute atomic E-state index is 0.0157. The standard InChI is InChI=1S/C28H30F2N6O2S.C2H6/c1-17(39(38)23-15-34-35(2)16-23)18-3-4-19-11-26(36(32)22-7-5-20(29)6-8-22)24(31)14-28(19,13-18)27(37)25-12-21(30)9-10-33-25;1-2/h5-12,15-18H,3-4,13-14,31-32H2,1-2H3;1-2H3. The van der Waals surface area contributed by atoms with Gasteiger partial charge in [-0.1, -0.05) is 26.3 Å². The van der Waals surface area contributed by atoms with Crippen molar-refractivity contribution in [3.63, 3.8) is 0 Å². The second kappa shape index (κ2) is 12.4. The lowest BCUT2D eigenvalue weighted by Crippen LogP contribution is -2.46. The first-order valence-electron chi connectivity index (χ1n) is 13.6. The summed E-state index contributed by atoms with van der Waals surface area (Å²) in [7, 11) is 0.430. The highest BCUT2D eigenvalue weighted by Crippen LogP contribution is 2.53. The van der Waals surface area contributed by atoms with Crippen molar-refractivity contribution in [1.29, 1.82) is 0 Å². The van der Waals surface area contributed by atoms with Crippen LogP contribution in [0.5, 0.6) is 0 Å². The Kier molecular flexibility index (Phi) is 9.18. The zero-order chi connectivity index (χ0) is 29.9. The minimum Gasteiger partial charge on any atom is -0.400 e. The summed E-state index contributed by atoms with van der Waals surface area (Å²) in [5.74, 6) is 5.04. The molecule has 0 aliphatic heterocycles. The number of ketones is 1. The van der Waals surface area contributed by atoms with Crippen LogP contribution >= 0.6 is 0 Å². The van der Waals surface area contributed by atoms with Gasteiger partial charge in [0.25, 0.3) is 0 Å². The summed E-state index contributed by atoms with van der Waals surface area (Å²) >= 11 is 0. The Morgan fingerprint density at radius 2 is 1.90 bits per heavy atom. The lowest BCUT2D eigenvalue weighted by atomic mass is 9.59. The fraction of sp³-hybridized carbons (Fsp3) is 0.367. The molecule has 0 amide bonds. The number of Topliss-reactive ketones (excluding diaryl/α,β-unsaturated/α-hetero) is 1. The van der Waals surface area contributed by atoms with E-state index in [2.05, 4.69) is 10.1 Å². The molecular formula is C30H36F2N6O2S. The van der Waals surface area contributed by atoms with Gasteiger partial charge < -0.3 is 5.73 Å². The number of benzene rings is 1. The second-order valence-electron chi connectivity index (χ2n) is 10.2. The van der Waals surface area contributed by atoms with Crippen LogP contribution in [0, 0.1) is 23.0 Å². The first kappa shape index (κ1) is 30.3. The first-order valence-corrected chi connectivity index (χ1v) is 14.9. The van der Waals surface area contributed by atoms with E-state index in [9.17, 15) is 17.8 Å². The van der Waals surface area contributed by atoms with E-state index in [1.165, 1.54) is 29.4 Å². The molecule has 2 aliphatic rings. The van der Waals surface area contributed by atoms with E-state index in [1.807, 2.05) is 26.8 Å². The summed E-state index contributed by atoms with van der Waals surface area (Å²) in [4.78, 5) is 18.9. The number of hydrazine groups is 1. The summed E-state index contributed by atoms with van der Waals surface area (Å²) in [6, 6.07) is 8.03. The Morgan fingerprint density at radius 1 is 1.20 bits per heavy atom. The number of halogens is 2. The van der Waals surface area contributed by atoms with Crippen LogP contribution in [0.1, 0.15) is 56.9 Å². The van der Waals surface area contributed by atoms with Gasteiger partial charge in [-0.25, -0.2) is 14.6 Å². The summed E-state index contributed by atoms with van der Waals surface area (Å²) in [5, 5.41) is 5.25. The molecule has 2 heterocycles. The average molecular weight is 583 g/mol. The maximum absolute atomic E-state index is 14.1. The van der Waals surface area contributed by atoms with Gasteiger partial charge in [-0.05, 0) is 61.6 Å². The molecule has 8 nitrogen and oxygen atoms in total. The van der Waals surface area contributed by atoms with E-state index in [4.69, 9.17) is 11.6 Å². The Morgan fingerprint density at radius 3 is 2.54 bits per heavy atom. The summed E-state index contributed by atoms with van der Waals surface area (Å²) in [5.41, 5.74) is 7.74. The largest absolute Gasteiger partial charge is 0.400 e. The second-order valence-corrected chi connectivity index (χ2v) is 12.0. The number of rotatable bonds is 7. The van der Waals surface area contributed by atoms with Gasteiger partial charge in [-0.2, -0.15) is 5.10 Å². The monoisotopic (exact) mass is 582 g/mol. The van der Waals surface area contributed by atoms with Gasteiger partial charge in [0.15, 0.2) is 5.78 Å². The molecule has 5 rings (SSSR count). The van der Waals surface area contributed by atoms with Gasteiger partial charge in [0.05, 0.1) is 38.7 Å². The van der Waals surface area contributed by atoms with E-state index in [-0.39, 0.29) is 34.9 Å². The number of hydrogen-bond donors (Lipinski definition) is 2. The molecule has 11 heteroatoms. The molecule has 1 fully saturated rings. The Labute approximate surface area is 241 Å². The number of carbonyl (C=O) groups is 1. The molecule has 0 bridgehead atoms. The molecule has 41 heavy (non-hydrogen) atoms. The summed E-state index contributed by atoms with van der Waals surface area (Å²) in [6.45, 7) is 5.92. The molecule has 3 aromatic rings. The molecule has 0 spiro atoms. The van der Waals surface area contributed by atoms with Gasteiger partial charge in [0.1, 0.15) is 17.3 Å². The number of hydrogen-bond acceptors (Lipinski definition) is 7. The maximum atomic E-state index is 14.1. The number of aryl methyl sites for hydroxylation is 1. The minimum atomic E-state index is -1.34. The molecule has 4 N–H and O–H groups in total. The fourth-order valence-corrected chi connectivity index (χ4v) is 7.10. The van der Waals surface area contributed by atoms with Crippen LogP contribution in [-0.4, -0.2) is 30.0 Å². The van der Waals surface area contributed by atoms with Crippen molar-refractivity contribution in [1.82, 2.24) is 14.8 Å². The van der Waals surface area contributed by atoms with Gasteiger partial charge >= 0.3 is 0 Å². The molecule has 1 aromatic carbocycles. The van der Waals surface area contributed by atoms with Crippen molar-refractivity contribution < 1.29 is 17.8 Å². The lowest BCUT2D eigenvalue weighted by molar-refractivity contribution is 0.0749. The number of allylic oxidation sites excluding steroid dienone is 3. The number of nitrogens with two attached hydrogens (primary N) is 2. The van der Waals surface area contributed by atoms with Crippen molar-refractivity contribution in [2.24, 2.45) is 30.0 Å². The van der Waals surface area contributed by atoms with Gasteiger partial charge in [-0.3, -0.25) is 23.7 Å². The fourth-order valence-electron chi connectivity index (χ4n) is 5.68. The van der Waals surface area contributed by atoms with Crippen LogP contribution in [-0.2, 0) is 17.8 Å².